The number of rotatable bonds is 4. The molecule has 4 atom stereocenters. The third kappa shape index (κ3) is 4.08. The van der Waals surface area contributed by atoms with Crippen molar-refractivity contribution >= 4 is 17.8 Å². The Bertz CT molecular complexity index is 493. The van der Waals surface area contributed by atoms with E-state index in [1.54, 1.807) is 4.90 Å². The van der Waals surface area contributed by atoms with Crippen molar-refractivity contribution in [3.05, 3.63) is 0 Å². The van der Waals surface area contributed by atoms with Crippen LogP contribution in [0.25, 0.3) is 0 Å². The Balaban J connectivity index is 2.02. The van der Waals surface area contributed by atoms with Crippen molar-refractivity contribution in [2.24, 2.45) is 17.8 Å². The Hall–Kier alpha value is -1.59. The molecule has 24 heavy (non-hydrogen) atoms. The zero-order valence-corrected chi connectivity index (χ0v) is 15.0. The maximum absolute atomic E-state index is 12.9. The van der Waals surface area contributed by atoms with Gasteiger partial charge in [0, 0.05) is 31.6 Å². The van der Waals surface area contributed by atoms with Crippen LogP contribution in [0.15, 0.2) is 0 Å². The van der Waals surface area contributed by atoms with Crippen molar-refractivity contribution in [3.63, 3.8) is 0 Å². The maximum Gasteiger partial charge on any atom is 0.308 e. The molecule has 6 heteroatoms. The highest BCUT2D eigenvalue weighted by atomic mass is 16.4. The van der Waals surface area contributed by atoms with Crippen LogP contribution in [-0.2, 0) is 14.4 Å². The highest BCUT2D eigenvalue weighted by molar-refractivity contribution is 5.83. The first kappa shape index (κ1) is 18.7. The molecule has 0 aromatic rings. The molecule has 136 valence electrons. The molecule has 0 spiro atoms. The van der Waals surface area contributed by atoms with Crippen LogP contribution in [0, 0.1) is 17.8 Å². The van der Waals surface area contributed by atoms with Crippen LogP contribution in [-0.4, -0.2) is 58.4 Å². The predicted octanol–water partition coefficient (Wildman–Crippen LogP) is 1.98. The number of hydrogen-bond donors (Lipinski definition) is 1. The second-order valence-corrected chi connectivity index (χ2v) is 7.38. The van der Waals surface area contributed by atoms with Gasteiger partial charge in [-0.3, -0.25) is 14.4 Å². The lowest BCUT2D eigenvalue weighted by Gasteiger charge is -2.41. The largest absolute Gasteiger partial charge is 0.481 e. The fourth-order valence-electron chi connectivity index (χ4n) is 3.72. The second-order valence-electron chi connectivity index (χ2n) is 7.38. The van der Waals surface area contributed by atoms with Crippen LogP contribution in [0.1, 0.15) is 52.9 Å². The molecule has 0 saturated carbocycles. The van der Waals surface area contributed by atoms with E-state index in [-0.39, 0.29) is 29.7 Å². The summed E-state index contributed by atoms with van der Waals surface area (Å²) >= 11 is 0. The van der Waals surface area contributed by atoms with E-state index in [0.717, 1.165) is 32.2 Å². The zero-order valence-electron chi connectivity index (χ0n) is 15.0. The van der Waals surface area contributed by atoms with E-state index in [9.17, 15) is 19.5 Å². The van der Waals surface area contributed by atoms with E-state index in [0.29, 0.717) is 19.5 Å². The van der Waals surface area contributed by atoms with Crippen LogP contribution < -0.4 is 0 Å². The van der Waals surface area contributed by atoms with Gasteiger partial charge in [-0.05, 0) is 39.0 Å². The monoisotopic (exact) mass is 338 g/mol. The molecule has 6 nitrogen and oxygen atoms in total. The number of aliphatic carboxylic acids is 1. The van der Waals surface area contributed by atoms with Crippen LogP contribution in [0.2, 0.25) is 0 Å². The Labute approximate surface area is 144 Å². The van der Waals surface area contributed by atoms with Crippen molar-refractivity contribution in [2.75, 3.05) is 19.6 Å². The average Bonchev–Trinajstić information content (AvgIpc) is 2.60. The zero-order chi connectivity index (χ0) is 17.9. The lowest BCUT2D eigenvalue weighted by Crippen LogP contribution is -2.53. The van der Waals surface area contributed by atoms with E-state index in [4.69, 9.17) is 0 Å². The van der Waals surface area contributed by atoms with Crippen molar-refractivity contribution < 1.29 is 19.5 Å². The van der Waals surface area contributed by atoms with Crippen LogP contribution in [0.5, 0.6) is 0 Å². The summed E-state index contributed by atoms with van der Waals surface area (Å²) in [5.41, 5.74) is 0. The Morgan fingerprint density at radius 1 is 1.12 bits per heavy atom. The highest BCUT2D eigenvalue weighted by Crippen LogP contribution is 2.27. The molecule has 2 saturated heterocycles. The summed E-state index contributed by atoms with van der Waals surface area (Å²) in [7, 11) is 0. The topological polar surface area (TPSA) is 77.9 Å². The normalized spacial score (nSPS) is 29.2. The molecule has 2 aliphatic heterocycles. The Kier molecular flexibility index (Phi) is 6.24. The third-order valence-corrected chi connectivity index (χ3v) is 5.63. The van der Waals surface area contributed by atoms with Gasteiger partial charge in [-0.1, -0.05) is 13.8 Å². The van der Waals surface area contributed by atoms with E-state index in [1.807, 2.05) is 25.7 Å². The number of piperidine rings is 2. The summed E-state index contributed by atoms with van der Waals surface area (Å²) in [5.74, 6) is -1.34. The van der Waals surface area contributed by atoms with E-state index < -0.39 is 11.9 Å². The predicted molar refractivity (Wildman–Crippen MR) is 90.3 cm³/mol. The highest BCUT2D eigenvalue weighted by Gasteiger charge is 2.37. The van der Waals surface area contributed by atoms with Crippen molar-refractivity contribution in [1.29, 1.82) is 0 Å². The molecule has 2 aliphatic rings. The fraction of sp³-hybridized carbons (Fsp3) is 0.833. The number of carbonyl (C=O) groups is 3. The minimum atomic E-state index is -0.822. The van der Waals surface area contributed by atoms with Gasteiger partial charge in [-0.15, -0.1) is 0 Å². The van der Waals surface area contributed by atoms with Gasteiger partial charge in [-0.25, -0.2) is 0 Å². The van der Waals surface area contributed by atoms with Gasteiger partial charge < -0.3 is 14.9 Å². The molecule has 2 heterocycles. The summed E-state index contributed by atoms with van der Waals surface area (Å²) in [6, 6.07) is 0.0775. The Morgan fingerprint density at radius 3 is 2.46 bits per heavy atom. The van der Waals surface area contributed by atoms with E-state index in [1.165, 1.54) is 0 Å². The van der Waals surface area contributed by atoms with Gasteiger partial charge in [0.05, 0.1) is 11.8 Å². The van der Waals surface area contributed by atoms with Gasteiger partial charge in [0.1, 0.15) is 0 Å². The number of amides is 2. The van der Waals surface area contributed by atoms with Crippen LogP contribution in [0.4, 0.5) is 0 Å². The first-order chi connectivity index (χ1) is 11.3. The molecule has 2 fully saturated rings. The number of carboxylic acid groups (broad SMARTS) is 1. The molecular weight excluding hydrogens is 308 g/mol. The van der Waals surface area contributed by atoms with Crippen LogP contribution in [0.3, 0.4) is 0 Å². The average molecular weight is 338 g/mol. The van der Waals surface area contributed by atoms with Crippen molar-refractivity contribution in [1.82, 2.24) is 9.80 Å². The number of nitrogens with zero attached hydrogens (tertiary/aromatic N) is 2. The lowest BCUT2D eigenvalue weighted by atomic mass is 9.89. The first-order valence-corrected chi connectivity index (χ1v) is 9.17. The van der Waals surface area contributed by atoms with Gasteiger partial charge >= 0.3 is 5.97 Å². The number of carbonyl (C=O) groups excluding carboxylic acids is 2. The minimum Gasteiger partial charge on any atom is -0.481 e. The van der Waals surface area contributed by atoms with E-state index in [2.05, 4.69) is 0 Å². The summed E-state index contributed by atoms with van der Waals surface area (Å²) in [4.78, 5) is 40.2. The molecule has 0 bridgehead atoms. The molecule has 0 radical (unpaired) electrons. The summed E-state index contributed by atoms with van der Waals surface area (Å²) in [6.07, 6.45) is 3.78. The quantitative estimate of drug-likeness (QED) is 0.850. The van der Waals surface area contributed by atoms with E-state index >= 15 is 0 Å². The standard InChI is InChI=1S/C18H30N2O4/c1-4-12(2)16(21)19-9-5-6-14(10-19)17(22)20-11-15(18(23)24)8-7-13(20)3/h12-15H,4-11H2,1-3H3,(H,23,24). The maximum atomic E-state index is 12.9. The van der Waals surface area contributed by atoms with Gasteiger partial charge in [-0.2, -0.15) is 0 Å². The molecule has 4 unspecified atom stereocenters. The van der Waals surface area contributed by atoms with Crippen molar-refractivity contribution in [2.45, 2.75) is 58.9 Å². The summed E-state index contributed by atoms with van der Waals surface area (Å²) in [6.45, 7) is 7.41. The number of carboxylic acids is 1. The summed E-state index contributed by atoms with van der Waals surface area (Å²) in [5, 5.41) is 9.25. The van der Waals surface area contributed by atoms with Gasteiger partial charge in [0.25, 0.3) is 0 Å². The smallest absolute Gasteiger partial charge is 0.308 e. The van der Waals surface area contributed by atoms with Crippen molar-refractivity contribution in [3.8, 4) is 0 Å². The molecule has 2 rings (SSSR count). The van der Waals surface area contributed by atoms with Gasteiger partial charge in [0.2, 0.25) is 11.8 Å². The minimum absolute atomic E-state index is 0.0100. The number of likely N-dealkylation sites (tertiary alicyclic amines) is 2. The fourth-order valence-corrected chi connectivity index (χ4v) is 3.72. The molecular formula is C18H30N2O4. The Morgan fingerprint density at radius 2 is 1.83 bits per heavy atom. The van der Waals surface area contributed by atoms with Crippen LogP contribution >= 0.6 is 0 Å². The molecule has 0 aliphatic carbocycles. The number of hydrogen-bond acceptors (Lipinski definition) is 3. The molecule has 2 amide bonds. The first-order valence-electron chi connectivity index (χ1n) is 9.17. The lowest BCUT2D eigenvalue weighted by molar-refractivity contribution is -0.150. The molecule has 1 N–H and O–H groups in total. The molecule has 0 aromatic carbocycles. The third-order valence-electron chi connectivity index (χ3n) is 5.63. The van der Waals surface area contributed by atoms with Gasteiger partial charge in [0.15, 0.2) is 0 Å². The SMILES string of the molecule is CCC(C)C(=O)N1CCCC(C(=O)N2CC(C(=O)O)CCC2C)C1. The summed E-state index contributed by atoms with van der Waals surface area (Å²) < 4.78 is 0. The second kappa shape index (κ2) is 7.99. The molecule has 0 aromatic heterocycles.